The molecule has 0 saturated carbocycles. The lowest BCUT2D eigenvalue weighted by molar-refractivity contribution is 0.112. The van der Waals surface area contributed by atoms with E-state index < -0.39 is 0 Å². The monoisotopic (exact) mass is 254 g/mol. The molecule has 0 heterocycles. The average Bonchev–Trinajstić information content (AvgIpc) is 2.46. The van der Waals surface area contributed by atoms with Crippen LogP contribution in [0.5, 0.6) is 0 Å². The van der Waals surface area contributed by atoms with Crippen LogP contribution >= 0.6 is 0 Å². The second-order valence-corrected chi connectivity index (χ2v) is 5.42. The van der Waals surface area contributed by atoms with Gasteiger partial charge in [-0.3, -0.25) is 0 Å². The van der Waals surface area contributed by atoms with Crippen LogP contribution in [0.15, 0.2) is 60.7 Å². The van der Waals surface area contributed by atoms with E-state index in [0.717, 1.165) is 6.42 Å². The fourth-order valence-electron chi connectivity index (χ4n) is 2.35. The molecule has 0 radical (unpaired) electrons. The van der Waals surface area contributed by atoms with Crippen molar-refractivity contribution in [1.82, 2.24) is 0 Å². The molecule has 0 spiro atoms. The van der Waals surface area contributed by atoms with Crippen LogP contribution in [0, 0.1) is 5.92 Å². The summed E-state index contributed by atoms with van der Waals surface area (Å²) in [6.45, 7) is 4.13. The van der Waals surface area contributed by atoms with Crippen LogP contribution < -0.4 is 0 Å². The summed E-state index contributed by atoms with van der Waals surface area (Å²) < 4.78 is 0. The molecule has 0 fully saturated rings. The van der Waals surface area contributed by atoms with Gasteiger partial charge >= 0.3 is 0 Å². The summed E-state index contributed by atoms with van der Waals surface area (Å²) in [5.41, 5.74) is 2.54. The summed E-state index contributed by atoms with van der Waals surface area (Å²) in [6.07, 6.45) is 0.497. The van der Waals surface area contributed by atoms with Crippen molar-refractivity contribution in [3.8, 4) is 0 Å². The maximum absolute atomic E-state index is 10.2. The molecule has 100 valence electrons. The first-order chi connectivity index (χ1) is 9.18. The van der Waals surface area contributed by atoms with Gasteiger partial charge in [0.1, 0.15) is 0 Å². The van der Waals surface area contributed by atoms with Crippen LogP contribution in [0.3, 0.4) is 0 Å². The summed E-state index contributed by atoms with van der Waals surface area (Å²) in [5, 5.41) is 10.2. The predicted molar refractivity (Wildman–Crippen MR) is 80.2 cm³/mol. The first-order valence-corrected chi connectivity index (χ1v) is 6.96. The van der Waals surface area contributed by atoms with Crippen molar-refractivity contribution in [2.75, 3.05) is 0 Å². The third kappa shape index (κ3) is 3.68. The Morgan fingerprint density at radius 1 is 0.789 bits per heavy atom. The highest BCUT2D eigenvalue weighted by Gasteiger charge is 2.20. The first kappa shape index (κ1) is 13.8. The molecule has 2 aromatic carbocycles. The van der Waals surface area contributed by atoms with Crippen LogP contribution in [-0.2, 0) is 0 Å². The van der Waals surface area contributed by atoms with Gasteiger partial charge < -0.3 is 5.11 Å². The van der Waals surface area contributed by atoms with Crippen molar-refractivity contribution in [1.29, 1.82) is 0 Å². The minimum atomic E-state index is -0.273. The molecular weight excluding hydrogens is 232 g/mol. The van der Waals surface area contributed by atoms with Crippen molar-refractivity contribution in [3.63, 3.8) is 0 Å². The lowest BCUT2D eigenvalue weighted by Gasteiger charge is -2.23. The van der Waals surface area contributed by atoms with Gasteiger partial charge in [-0.1, -0.05) is 74.5 Å². The van der Waals surface area contributed by atoms with Crippen LogP contribution in [-0.4, -0.2) is 11.2 Å². The van der Waals surface area contributed by atoms with E-state index in [4.69, 9.17) is 0 Å². The maximum atomic E-state index is 10.2. The van der Waals surface area contributed by atoms with Gasteiger partial charge in [0.15, 0.2) is 0 Å². The standard InChI is InChI=1S/C18H22O/c1-14(2)18(19)13-17(15-9-5-3-6-10-15)16-11-7-4-8-12-16/h3-12,14,17-19H,13H2,1-2H3. The van der Waals surface area contributed by atoms with Gasteiger partial charge in [-0.05, 0) is 23.5 Å². The Morgan fingerprint density at radius 3 is 1.58 bits per heavy atom. The first-order valence-electron chi connectivity index (χ1n) is 6.96. The lowest BCUT2D eigenvalue weighted by Crippen LogP contribution is -2.19. The van der Waals surface area contributed by atoms with Crippen LogP contribution in [0.2, 0.25) is 0 Å². The molecule has 0 aliphatic rings. The molecule has 1 N–H and O–H groups in total. The summed E-state index contributed by atoms with van der Waals surface area (Å²) in [5.74, 6) is 0.551. The Hall–Kier alpha value is -1.60. The summed E-state index contributed by atoms with van der Waals surface area (Å²) >= 11 is 0. The number of aliphatic hydroxyl groups excluding tert-OH is 1. The Labute approximate surface area is 115 Å². The van der Waals surface area contributed by atoms with E-state index in [1.807, 2.05) is 12.1 Å². The molecule has 1 atom stereocenters. The molecule has 1 unspecified atom stereocenters. The fourth-order valence-corrected chi connectivity index (χ4v) is 2.35. The molecule has 0 amide bonds. The highest BCUT2D eigenvalue weighted by molar-refractivity contribution is 5.32. The highest BCUT2D eigenvalue weighted by atomic mass is 16.3. The van der Waals surface area contributed by atoms with Crippen molar-refractivity contribution in [2.45, 2.75) is 32.3 Å². The highest BCUT2D eigenvalue weighted by Crippen LogP contribution is 2.30. The van der Waals surface area contributed by atoms with Crippen molar-refractivity contribution < 1.29 is 5.11 Å². The Bertz CT molecular complexity index is 436. The molecule has 0 aliphatic carbocycles. The smallest absolute Gasteiger partial charge is 0.0572 e. The maximum Gasteiger partial charge on any atom is 0.0572 e. The molecule has 1 heteroatoms. The van der Waals surface area contributed by atoms with E-state index in [-0.39, 0.29) is 17.9 Å². The van der Waals surface area contributed by atoms with Gasteiger partial charge in [-0.25, -0.2) is 0 Å². The minimum Gasteiger partial charge on any atom is -0.393 e. The number of aliphatic hydroxyl groups is 1. The SMILES string of the molecule is CC(C)C(O)CC(c1ccccc1)c1ccccc1. The zero-order valence-corrected chi connectivity index (χ0v) is 11.7. The Balaban J connectivity index is 2.29. The lowest BCUT2D eigenvalue weighted by atomic mass is 9.84. The van der Waals surface area contributed by atoms with E-state index in [1.165, 1.54) is 11.1 Å². The topological polar surface area (TPSA) is 20.2 Å². The van der Waals surface area contributed by atoms with Gasteiger partial charge in [0.25, 0.3) is 0 Å². The van der Waals surface area contributed by atoms with E-state index in [1.54, 1.807) is 0 Å². The van der Waals surface area contributed by atoms with Gasteiger partial charge in [-0.15, -0.1) is 0 Å². The summed E-state index contributed by atoms with van der Waals surface area (Å²) in [6, 6.07) is 20.9. The van der Waals surface area contributed by atoms with Gasteiger partial charge in [0.2, 0.25) is 0 Å². The molecule has 2 aromatic rings. The molecule has 0 aromatic heterocycles. The third-order valence-electron chi connectivity index (χ3n) is 3.65. The van der Waals surface area contributed by atoms with E-state index in [2.05, 4.69) is 62.4 Å². The average molecular weight is 254 g/mol. The van der Waals surface area contributed by atoms with E-state index >= 15 is 0 Å². The van der Waals surface area contributed by atoms with E-state index in [0.29, 0.717) is 0 Å². The minimum absolute atomic E-state index is 0.264. The fraction of sp³-hybridized carbons (Fsp3) is 0.333. The Morgan fingerprint density at radius 2 is 1.21 bits per heavy atom. The summed E-state index contributed by atoms with van der Waals surface area (Å²) in [7, 11) is 0. The number of hydrogen-bond donors (Lipinski definition) is 1. The Kier molecular flexibility index (Phi) is 4.75. The second kappa shape index (κ2) is 6.53. The second-order valence-electron chi connectivity index (χ2n) is 5.42. The molecule has 0 aliphatic heterocycles. The normalized spacial score (nSPS) is 12.9. The molecule has 0 bridgehead atoms. The van der Waals surface area contributed by atoms with Crippen molar-refractivity contribution in [3.05, 3.63) is 71.8 Å². The molecule has 2 rings (SSSR count). The van der Waals surface area contributed by atoms with Crippen molar-refractivity contribution >= 4 is 0 Å². The van der Waals surface area contributed by atoms with Crippen molar-refractivity contribution in [2.24, 2.45) is 5.92 Å². The molecular formula is C18H22O. The number of hydrogen-bond acceptors (Lipinski definition) is 1. The molecule has 19 heavy (non-hydrogen) atoms. The van der Waals surface area contributed by atoms with Gasteiger partial charge in [0, 0.05) is 5.92 Å². The van der Waals surface area contributed by atoms with Gasteiger partial charge in [-0.2, -0.15) is 0 Å². The predicted octanol–water partition coefficient (Wildman–Crippen LogP) is 4.23. The molecule has 1 nitrogen and oxygen atoms in total. The van der Waals surface area contributed by atoms with Crippen LogP contribution in [0.4, 0.5) is 0 Å². The number of benzene rings is 2. The number of rotatable bonds is 5. The van der Waals surface area contributed by atoms with Crippen LogP contribution in [0.1, 0.15) is 37.3 Å². The summed E-state index contributed by atoms with van der Waals surface area (Å²) in [4.78, 5) is 0. The zero-order chi connectivity index (χ0) is 13.7. The third-order valence-corrected chi connectivity index (χ3v) is 3.65. The van der Waals surface area contributed by atoms with Gasteiger partial charge in [0.05, 0.1) is 6.10 Å². The quantitative estimate of drug-likeness (QED) is 0.846. The largest absolute Gasteiger partial charge is 0.393 e. The van der Waals surface area contributed by atoms with Crippen LogP contribution in [0.25, 0.3) is 0 Å². The zero-order valence-electron chi connectivity index (χ0n) is 11.7. The molecule has 0 saturated heterocycles. The van der Waals surface area contributed by atoms with E-state index in [9.17, 15) is 5.11 Å².